The number of ketones is 2. The summed E-state index contributed by atoms with van der Waals surface area (Å²) >= 11 is 6.16. The molecule has 0 bridgehead atoms. The van der Waals surface area contributed by atoms with Crippen LogP contribution in [0.2, 0.25) is 5.02 Å². The molecule has 0 saturated heterocycles. The van der Waals surface area contributed by atoms with E-state index in [9.17, 15) is 29.1 Å². The number of Topliss-reactive ketones (excluding diaryl/α,β-unsaturated/α-hetero) is 2. The summed E-state index contributed by atoms with van der Waals surface area (Å²) in [6, 6.07) is 7.47. The van der Waals surface area contributed by atoms with Crippen molar-refractivity contribution in [1.82, 2.24) is 5.32 Å². The second-order valence-corrected chi connectivity index (χ2v) is 21.3. The van der Waals surface area contributed by atoms with Gasteiger partial charge in [0.15, 0.2) is 5.78 Å². The molecule has 55 heavy (non-hydrogen) atoms. The minimum Gasteiger partial charge on any atom is -0.481 e. The zero-order valence-electron chi connectivity index (χ0n) is 34.5. The lowest BCUT2D eigenvalue weighted by Gasteiger charge is -2.72. The molecule has 2 N–H and O–H groups in total. The van der Waals surface area contributed by atoms with E-state index in [-0.39, 0.29) is 58.2 Å². The molecule has 6 aliphatic carbocycles. The molecule has 1 aromatic carbocycles. The third-order valence-electron chi connectivity index (χ3n) is 16.9. The first kappa shape index (κ1) is 40.2. The molecule has 5 fully saturated rings. The van der Waals surface area contributed by atoms with Gasteiger partial charge in [0.2, 0.25) is 5.78 Å². The highest BCUT2D eigenvalue weighted by molar-refractivity contribution is 6.40. The Kier molecular flexibility index (Phi) is 9.51. The van der Waals surface area contributed by atoms with Crippen LogP contribution in [0.15, 0.2) is 35.4 Å². The highest BCUT2D eigenvalue weighted by Gasteiger charge is 2.71. The summed E-state index contributed by atoms with van der Waals surface area (Å²) in [4.78, 5) is 67.9. The van der Waals surface area contributed by atoms with Crippen LogP contribution in [0.25, 0.3) is 0 Å². The van der Waals surface area contributed by atoms with Crippen molar-refractivity contribution in [3.63, 3.8) is 0 Å². The molecule has 300 valence electrons. The van der Waals surface area contributed by atoms with Crippen LogP contribution in [0.3, 0.4) is 0 Å². The largest absolute Gasteiger partial charge is 0.481 e. The van der Waals surface area contributed by atoms with Gasteiger partial charge in [0, 0.05) is 16.9 Å². The van der Waals surface area contributed by atoms with Gasteiger partial charge in [-0.05, 0) is 147 Å². The third-order valence-corrected chi connectivity index (χ3v) is 17.2. The number of hydrogen-bond acceptors (Lipinski definition) is 6. The van der Waals surface area contributed by atoms with Crippen molar-refractivity contribution >= 4 is 41.0 Å². The zero-order chi connectivity index (χ0) is 40.3. The number of aliphatic carboxylic acids is 1. The highest BCUT2D eigenvalue weighted by atomic mass is 35.5. The predicted octanol–water partition coefficient (Wildman–Crippen LogP) is 9.41. The van der Waals surface area contributed by atoms with Crippen molar-refractivity contribution in [1.29, 1.82) is 0 Å². The van der Waals surface area contributed by atoms with Gasteiger partial charge in [0.1, 0.15) is 6.10 Å². The number of halogens is 1. The number of ether oxygens (including phenoxy) is 1. The minimum atomic E-state index is -1.19. The van der Waals surface area contributed by atoms with Gasteiger partial charge in [-0.15, -0.1) is 0 Å². The van der Waals surface area contributed by atoms with Crippen LogP contribution in [0.1, 0.15) is 145 Å². The SMILES string of the molecule is CC(C)C1=C2[C@H]3CC[C@@H]4[C@@]5(C)CC[C@H](OC(=O)CC(C)(C)C(=O)O)C(C)(C)[C@@H]5CC[C@@]4(C)[C@]3(C)CC[C@@]2(C(=O)C(=O)NC2(c3ccc(Cl)cc3)CC2)CC1=O. The fourth-order valence-electron chi connectivity index (χ4n) is 13.6. The molecular formula is C46H62ClNO7. The number of carbonyl (C=O) groups is 5. The van der Waals surface area contributed by atoms with Gasteiger partial charge in [0.05, 0.1) is 22.8 Å². The Morgan fingerprint density at radius 3 is 2.13 bits per heavy atom. The van der Waals surface area contributed by atoms with Crippen LogP contribution in [0, 0.1) is 56.2 Å². The van der Waals surface area contributed by atoms with Crippen LogP contribution >= 0.6 is 11.6 Å². The zero-order valence-corrected chi connectivity index (χ0v) is 35.2. The molecule has 0 radical (unpaired) electrons. The Hall–Kier alpha value is -3.00. The van der Waals surface area contributed by atoms with E-state index in [0.29, 0.717) is 23.3 Å². The second kappa shape index (κ2) is 13.0. The Bertz CT molecular complexity index is 1860. The fourth-order valence-corrected chi connectivity index (χ4v) is 13.7. The van der Waals surface area contributed by atoms with Crippen molar-refractivity contribution in [2.24, 2.45) is 56.2 Å². The summed E-state index contributed by atoms with van der Waals surface area (Å²) < 4.78 is 6.15. The number of fused-ring (bicyclic) bond motifs is 7. The first-order valence-electron chi connectivity index (χ1n) is 20.8. The van der Waals surface area contributed by atoms with E-state index in [0.717, 1.165) is 74.5 Å². The molecule has 7 rings (SSSR count). The van der Waals surface area contributed by atoms with Crippen molar-refractivity contribution in [3.8, 4) is 0 Å². The smallest absolute Gasteiger partial charge is 0.309 e. The number of nitrogens with one attached hydrogen (secondary N) is 1. The Balaban J connectivity index is 1.17. The van der Waals surface area contributed by atoms with E-state index in [1.54, 1.807) is 13.8 Å². The Labute approximate surface area is 332 Å². The number of benzene rings is 1. The topological polar surface area (TPSA) is 127 Å². The Morgan fingerprint density at radius 2 is 1.53 bits per heavy atom. The van der Waals surface area contributed by atoms with Crippen molar-refractivity contribution < 1.29 is 33.8 Å². The molecule has 8 nitrogen and oxygen atoms in total. The lowest BCUT2D eigenvalue weighted by Crippen LogP contribution is -2.66. The molecule has 9 heteroatoms. The lowest BCUT2D eigenvalue weighted by molar-refractivity contribution is -0.233. The molecule has 1 aromatic rings. The maximum absolute atomic E-state index is 14.8. The number of rotatable bonds is 9. The van der Waals surface area contributed by atoms with E-state index in [2.05, 4.69) is 53.8 Å². The van der Waals surface area contributed by atoms with Gasteiger partial charge in [-0.3, -0.25) is 24.0 Å². The number of hydrogen-bond donors (Lipinski definition) is 2. The first-order chi connectivity index (χ1) is 25.5. The summed E-state index contributed by atoms with van der Waals surface area (Å²) in [6.45, 7) is 19.1. The summed E-state index contributed by atoms with van der Waals surface area (Å²) in [7, 11) is 0. The average Bonchev–Trinajstić information content (AvgIpc) is 3.80. The molecule has 6 aliphatic rings. The van der Waals surface area contributed by atoms with Gasteiger partial charge < -0.3 is 15.2 Å². The van der Waals surface area contributed by atoms with E-state index in [1.807, 2.05) is 24.3 Å². The maximum Gasteiger partial charge on any atom is 0.309 e. The average molecular weight is 776 g/mol. The Morgan fingerprint density at radius 1 is 0.873 bits per heavy atom. The van der Waals surface area contributed by atoms with E-state index < -0.39 is 40.0 Å². The normalized spacial score (nSPS) is 37.3. The number of carbonyl (C=O) groups excluding carboxylic acids is 4. The van der Waals surface area contributed by atoms with E-state index in [4.69, 9.17) is 16.3 Å². The molecule has 0 aliphatic heterocycles. The maximum atomic E-state index is 14.8. The minimum absolute atomic E-state index is 0.0149. The second-order valence-electron chi connectivity index (χ2n) is 20.9. The van der Waals surface area contributed by atoms with Gasteiger partial charge >= 0.3 is 11.9 Å². The standard InChI is InChI=1S/C46H62ClNO7/c1-26(2)35-30(49)24-45(37(51)38(52)48-46(22-23-46)27-10-12-28(47)13-11-27)21-20-43(8)29(36(35)45)14-15-32-42(7)18-17-33(55-34(50)25-40(3,4)39(53)54)41(5,6)31(42)16-19-44(32,43)9/h10-13,26,29,31-33H,14-25H2,1-9H3,(H,48,52)(H,53,54)/t29-,31+,32-,33+,42+,43-,44-,45-/m1/s1. The molecule has 0 aromatic heterocycles. The van der Waals surface area contributed by atoms with Crippen LogP contribution in [0.4, 0.5) is 0 Å². The number of allylic oxidation sites excluding steroid dienone is 2. The number of carboxylic acids is 1. The summed E-state index contributed by atoms with van der Waals surface area (Å²) in [5, 5.41) is 13.4. The predicted molar refractivity (Wildman–Crippen MR) is 211 cm³/mol. The molecule has 0 spiro atoms. The van der Waals surface area contributed by atoms with Gasteiger partial charge in [-0.2, -0.15) is 0 Å². The summed E-state index contributed by atoms with van der Waals surface area (Å²) in [5.41, 5.74) is -0.736. The van der Waals surface area contributed by atoms with Crippen LogP contribution < -0.4 is 5.32 Å². The molecule has 1 amide bonds. The van der Waals surface area contributed by atoms with Gasteiger partial charge in [-0.1, -0.05) is 72.2 Å². The first-order valence-corrected chi connectivity index (χ1v) is 21.2. The van der Waals surface area contributed by atoms with Gasteiger partial charge in [-0.25, -0.2) is 0 Å². The molecule has 0 unspecified atom stereocenters. The molecular weight excluding hydrogens is 714 g/mol. The number of amides is 1. The lowest BCUT2D eigenvalue weighted by atomic mass is 9.33. The van der Waals surface area contributed by atoms with Gasteiger partial charge in [0.25, 0.3) is 5.91 Å². The van der Waals surface area contributed by atoms with Crippen LogP contribution in [0.5, 0.6) is 0 Å². The number of carboxylic acid groups (broad SMARTS) is 1. The van der Waals surface area contributed by atoms with E-state index in [1.165, 1.54) is 0 Å². The van der Waals surface area contributed by atoms with Crippen LogP contribution in [-0.4, -0.2) is 40.6 Å². The highest BCUT2D eigenvalue weighted by Crippen LogP contribution is 2.77. The van der Waals surface area contributed by atoms with Crippen molar-refractivity contribution in [2.75, 3.05) is 0 Å². The molecule has 0 heterocycles. The number of esters is 1. The third kappa shape index (κ3) is 5.91. The van der Waals surface area contributed by atoms with Crippen LogP contribution in [-0.2, 0) is 34.2 Å². The van der Waals surface area contributed by atoms with E-state index >= 15 is 0 Å². The van der Waals surface area contributed by atoms with Crippen molar-refractivity contribution in [3.05, 3.63) is 46.0 Å². The molecule has 8 atom stereocenters. The monoisotopic (exact) mass is 775 g/mol. The fraction of sp³-hybridized carbons (Fsp3) is 0.717. The summed E-state index contributed by atoms with van der Waals surface area (Å²) in [5.74, 6) is -1.79. The van der Waals surface area contributed by atoms with Crippen molar-refractivity contribution in [2.45, 2.75) is 151 Å². The quantitative estimate of drug-likeness (QED) is 0.189. The summed E-state index contributed by atoms with van der Waals surface area (Å²) in [6.07, 6.45) is 7.85. The molecule has 5 saturated carbocycles.